The molecule has 5 nitrogen and oxygen atoms in total. The minimum atomic E-state index is -0.218. The summed E-state index contributed by atoms with van der Waals surface area (Å²) in [6.07, 6.45) is 4.10. The standard InChI is InChI=1S/C17H25NO4S/c1-21-17-5-4-13(22-9-8-19)11-15(17)18(7-6-17)16(20)12-14-3-2-10-23-14/h2-3,10,13,15,19H,4-9,11-12H2,1H3/t13-,15-,17+/m0/s1. The Labute approximate surface area is 141 Å². The van der Waals surface area contributed by atoms with Crippen LogP contribution in [0.15, 0.2) is 17.5 Å². The molecule has 1 aliphatic heterocycles. The van der Waals surface area contributed by atoms with E-state index in [-0.39, 0.29) is 30.3 Å². The molecule has 128 valence electrons. The lowest BCUT2D eigenvalue weighted by Crippen LogP contribution is -2.53. The minimum Gasteiger partial charge on any atom is -0.394 e. The van der Waals surface area contributed by atoms with Gasteiger partial charge in [0, 0.05) is 18.5 Å². The highest BCUT2D eigenvalue weighted by molar-refractivity contribution is 7.10. The van der Waals surface area contributed by atoms with Crippen molar-refractivity contribution in [3.8, 4) is 0 Å². The Kier molecular flexibility index (Phi) is 5.36. The number of hydrogen-bond donors (Lipinski definition) is 1. The summed E-state index contributed by atoms with van der Waals surface area (Å²) in [5.74, 6) is 0.180. The van der Waals surface area contributed by atoms with Gasteiger partial charge in [-0.3, -0.25) is 4.79 Å². The van der Waals surface area contributed by atoms with Crippen LogP contribution in [0.2, 0.25) is 0 Å². The number of carbonyl (C=O) groups excluding carboxylic acids is 1. The van der Waals surface area contributed by atoms with E-state index in [1.807, 2.05) is 22.4 Å². The third kappa shape index (κ3) is 3.45. The molecule has 2 aliphatic rings. The molecule has 23 heavy (non-hydrogen) atoms. The van der Waals surface area contributed by atoms with Crippen LogP contribution < -0.4 is 0 Å². The molecule has 1 amide bonds. The number of thiophene rings is 1. The van der Waals surface area contributed by atoms with Crippen LogP contribution in [-0.2, 0) is 20.7 Å². The van der Waals surface area contributed by atoms with Crippen molar-refractivity contribution in [3.05, 3.63) is 22.4 Å². The quantitative estimate of drug-likeness (QED) is 0.859. The first-order chi connectivity index (χ1) is 11.2. The highest BCUT2D eigenvalue weighted by Gasteiger charge is 2.52. The van der Waals surface area contributed by atoms with Crippen molar-refractivity contribution < 1.29 is 19.4 Å². The molecule has 6 heteroatoms. The highest BCUT2D eigenvalue weighted by atomic mass is 32.1. The van der Waals surface area contributed by atoms with Gasteiger partial charge in [-0.2, -0.15) is 0 Å². The number of carbonyl (C=O) groups is 1. The number of fused-ring (bicyclic) bond motifs is 1. The van der Waals surface area contributed by atoms with E-state index in [0.717, 1.165) is 37.1 Å². The van der Waals surface area contributed by atoms with Crippen LogP contribution in [0.25, 0.3) is 0 Å². The maximum Gasteiger partial charge on any atom is 0.228 e. The number of aliphatic hydroxyl groups is 1. The van der Waals surface area contributed by atoms with E-state index in [2.05, 4.69) is 0 Å². The second kappa shape index (κ2) is 7.30. The summed E-state index contributed by atoms with van der Waals surface area (Å²) >= 11 is 1.62. The molecule has 2 heterocycles. The summed E-state index contributed by atoms with van der Waals surface area (Å²) in [5.41, 5.74) is -0.218. The minimum absolute atomic E-state index is 0.0393. The Hall–Kier alpha value is -0.950. The summed E-state index contributed by atoms with van der Waals surface area (Å²) in [5, 5.41) is 11.0. The second-order valence-corrected chi connectivity index (χ2v) is 7.40. The van der Waals surface area contributed by atoms with Gasteiger partial charge in [-0.25, -0.2) is 0 Å². The van der Waals surface area contributed by atoms with Gasteiger partial charge in [-0.05, 0) is 37.1 Å². The molecule has 3 atom stereocenters. The zero-order valence-corrected chi connectivity index (χ0v) is 14.4. The Morgan fingerprint density at radius 3 is 3.09 bits per heavy atom. The van der Waals surface area contributed by atoms with Crippen LogP contribution >= 0.6 is 11.3 Å². The molecule has 0 aromatic carbocycles. The van der Waals surface area contributed by atoms with Gasteiger partial charge in [0.2, 0.25) is 5.91 Å². The lowest BCUT2D eigenvalue weighted by Gasteiger charge is -2.43. The monoisotopic (exact) mass is 339 g/mol. The summed E-state index contributed by atoms with van der Waals surface area (Å²) in [6, 6.07) is 4.07. The molecule has 1 aromatic rings. The fourth-order valence-electron chi connectivity index (χ4n) is 4.00. The Morgan fingerprint density at radius 1 is 1.52 bits per heavy atom. The van der Waals surface area contributed by atoms with Gasteiger partial charge in [0.1, 0.15) is 0 Å². The van der Waals surface area contributed by atoms with Crippen molar-refractivity contribution in [1.82, 2.24) is 4.90 Å². The third-order valence-corrected chi connectivity index (χ3v) is 6.09. The highest BCUT2D eigenvalue weighted by Crippen LogP contribution is 2.43. The van der Waals surface area contributed by atoms with Crippen molar-refractivity contribution in [2.45, 2.75) is 49.9 Å². The number of hydrogen-bond acceptors (Lipinski definition) is 5. The van der Waals surface area contributed by atoms with Gasteiger partial charge in [0.15, 0.2) is 0 Å². The Balaban J connectivity index is 1.69. The molecular weight excluding hydrogens is 314 g/mol. The molecule has 1 N–H and O–H groups in total. The van der Waals surface area contributed by atoms with E-state index in [0.29, 0.717) is 13.0 Å². The average molecular weight is 339 g/mol. The number of nitrogens with zero attached hydrogens (tertiary/aromatic N) is 1. The van der Waals surface area contributed by atoms with E-state index in [9.17, 15) is 4.79 Å². The van der Waals surface area contributed by atoms with Crippen molar-refractivity contribution in [2.75, 3.05) is 26.9 Å². The lowest BCUT2D eigenvalue weighted by atomic mass is 9.79. The van der Waals surface area contributed by atoms with Crippen molar-refractivity contribution in [2.24, 2.45) is 0 Å². The second-order valence-electron chi connectivity index (χ2n) is 6.37. The van der Waals surface area contributed by atoms with E-state index in [1.54, 1.807) is 18.4 Å². The molecule has 1 aliphatic carbocycles. The number of rotatable bonds is 6. The maximum absolute atomic E-state index is 12.7. The van der Waals surface area contributed by atoms with Crippen LogP contribution in [0.4, 0.5) is 0 Å². The summed E-state index contributed by atoms with van der Waals surface area (Å²) in [6.45, 7) is 1.16. The molecule has 0 radical (unpaired) electrons. The zero-order valence-electron chi connectivity index (χ0n) is 13.6. The van der Waals surface area contributed by atoms with Gasteiger partial charge >= 0.3 is 0 Å². The van der Waals surface area contributed by atoms with Crippen molar-refractivity contribution in [3.63, 3.8) is 0 Å². The van der Waals surface area contributed by atoms with E-state index >= 15 is 0 Å². The third-order valence-electron chi connectivity index (χ3n) is 5.21. The number of ether oxygens (including phenoxy) is 2. The van der Waals surface area contributed by atoms with Gasteiger partial charge in [0.25, 0.3) is 0 Å². The molecule has 2 fully saturated rings. The Morgan fingerprint density at radius 2 is 2.39 bits per heavy atom. The number of methoxy groups -OCH3 is 1. The molecule has 0 unspecified atom stereocenters. The van der Waals surface area contributed by atoms with E-state index in [4.69, 9.17) is 14.6 Å². The van der Waals surface area contributed by atoms with Crippen LogP contribution in [0.3, 0.4) is 0 Å². The molecule has 1 saturated carbocycles. The SMILES string of the molecule is CO[C@@]12CC[C@H](OCCO)C[C@@H]1N(C(=O)Cc1cccs1)CC2. The first-order valence-corrected chi connectivity index (χ1v) is 9.16. The first-order valence-electron chi connectivity index (χ1n) is 8.28. The van der Waals surface area contributed by atoms with Gasteiger partial charge in [-0.1, -0.05) is 6.07 Å². The maximum atomic E-state index is 12.7. The van der Waals surface area contributed by atoms with Crippen molar-refractivity contribution >= 4 is 17.2 Å². The van der Waals surface area contributed by atoms with Gasteiger partial charge < -0.3 is 19.5 Å². The normalized spacial score (nSPS) is 30.4. The van der Waals surface area contributed by atoms with Gasteiger partial charge in [0.05, 0.1) is 37.4 Å². The van der Waals surface area contributed by atoms with E-state index in [1.165, 1.54) is 0 Å². The molecule has 0 spiro atoms. The Bertz CT molecular complexity index is 521. The predicted octanol–water partition coefficient (Wildman–Crippen LogP) is 1.84. The van der Waals surface area contributed by atoms with Crippen LogP contribution in [-0.4, -0.2) is 60.5 Å². The first kappa shape index (κ1) is 16.9. The number of amides is 1. The molecule has 1 aromatic heterocycles. The lowest BCUT2D eigenvalue weighted by molar-refractivity contribution is -0.141. The fraction of sp³-hybridized carbons (Fsp3) is 0.706. The summed E-state index contributed by atoms with van der Waals surface area (Å²) < 4.78 is 11.6. The van der Waals surface area contributed by atoms with Crippen LogP contribution in [0.1, 0.15) is 30.6 Å². The predicted molar refractivity (Wildman–Crippen MR) is 88.6 cm³/mol. The summed E-state index contributed by atoms with van der Waals surface area (Å²) in [7, 11) is 1.76. The van der Waals surface area contributed by atoms with E-state index < -0.39 is 0 Å². The zero-order chi connectivity index (χ0) is 16.3. The molecular formula is C17H25NO4S. The molecule has 0 bridgehead atoms. The van der Waals surface area contributed by atoms with Crippen molar-refractivity contribution in [1.29, 1.82) is 0 Å². The van der Waals surface area contributed by atoms with Gasteiger partial charge in [-0.15, -0.1) is 11.3 Å². The smallest absolute Gasteiger partial charge is 0.228 e. The van der Waals surface area contributed by atoms with Crippen LogP contribution in [0.5, 0.6) is 0 Å². The summed E-state index contributed by atoms with van der Waals surface area (Å²) in [4.78, 5) is 15.8. The van der Waals surface area contributed by atoms with Crippen LogP contribution in [0, 0.1) is 0 Å². The average Bonchev–Trinajstić information content (AvgIpc) is 3.20. The topological polar surface area (TPSA) is 59.0 Å². The molecule has 3 rings (SSSR count). The fourth-order valence-corrected chi connectivity index (χ4v) is 4.69. The number of aliphatic hydroxyl groups excluding tert-OH is 1. The largest absolute Gasteiger partial charge is 0.394 e. The number of likely N-dealkylation sites (tertiary alicyclic amines) is 1. The molecule has 1 saturated heterocycles.